The number of benzene rings is 2. The van der Waals surface area contributed by atoms with Gasteiger partial charge in [-0.25, -0.2) is 0 Å². The summed E-state index contributed by atoms with van der Waals surface area (Å²) in [7, 11) is 0.864. The molecule has 0 aliphatic heterocycles. The monoisotopic (exact) mass is 376 g/mol. The molecular formula is C25H34NSi+. The third-order valence-corrected chi connectivity index (χ3v) is 7.80. The molecule has 0 saturated carbocycles. The van der Waals surface area contributed by atoms with Crippen LogP contribution in [-0.2, 0) is 12.5 Å². The van der Waals surface area contributed by atoms with Crippen molar-refractivity contribution in [3.63, 3.8) is 0 Å². The van der Waals surface area contributed by atoms with Gasteiger partial charge in [-0.05, 0) is 41.0 Å². The second kappa shape index (κ2) is 6.59. The van der Waals surface area contributed by atoms with Crippen molar-refractivity contribution in [3.05, 3.63) is 59.3 Å². The predicted octanol–water partition coefficient (Wildman–Crippen LogP) is 5.79. The molecule has 0 spiro atoms. The molecule has 0 unspecified atom stereocenters. The third kappa shape index (κ3) is 3.73. The molecule has 0 radical (unpaired) electrons. The molecule has 2 heteroatoms. The molecule has 0 aliphatic carbocycles. The quantitative estimate of drug-likeness (QED) is 0.394. The standard InChI is InChI=1S/C25H34NSi/c1-17-10-11-20(25(3,4)5)16-23(17)24-22-13-12-21(27(7,8)9)15-19(22)14-18(2)26(24)6/h10-16H,1-9H3/q+1. The molecule has 0 N–H and O–H groups in total. The number of hydrogen-bond acceptors (Lipinski definition) is 0. The van der Waals surface area contributed by atoms with Gasteiger partial charge in [-0.3, -0.25) is 0 Å². The Labute approximate surface area is 166 Å². The Morgan fingerprint density at radius 2 is 1.52 bits per heavy atom. The minimum Gasteiger partial charge on any atom is -0.198 e. The van der Waals surface area contributed by atoms with Crippen LogP contribution < -0.4 is 9.75 Å². The molecule has 2 aromatic carbocycles. The average Bonchev–Trinajstić information content (AvgIpc) is 2.55. The van der Waals surface area contributed by atoms with Gasteiger partial charge in [-0.2, -0.15) is 4.57 Å². The maximum atomic E-state index is 2.43. The first kappa shape index (κ1) is 19.8. The van der Waals surface area contributed by atoms with E-state index in [1.807, 2.05) is 0 Å². The fourth-order valence-corrected chi connectivity index (χ4v) is 4.88. The molecule has 0 amide bonds. The van der Waals surface area contributed by atoms with Crippen LogP contribution in [0.25, 0.3) is 22.0 Å². The van der Waals surface area contributed by atoms with Crippen LogP contribution >= 0.6 is 0 Å². The molecule has 3 rings (SSSR count). The van der Waals surface area contributed by atoms with Gasteiger partial charge < -0.3 is 0 Å². The molecule has 1 nitrogen and oxygen atoms in total. The lowest BCUT2D eigenvalue weighted by molar-refractivity contribution is -0.665. The summed E-state index contributed by atoms with van der Waals surface area (Å²) in [5.41, 5.74) is 6.84. The molecule has 0 atom stereocenters. The number of nitrogens with zero attached hydrogens (tertiary/aromatic N) is 1. The van der Waals surface area contributed by atoms with E-state index < -0.39 is 8.07 Å². The lowest BCUT2D eigenvalue weighted by Gasteiger charge is -2.21. The summed E-state index contributed by atoms with van der Waals surface area (Å²) in [5, 5.41) is 4.23. The van der Waals surface area contributed by atoms with Crippen LogP contribution in [-0.4, -0.2) is 8.07 Å². The van der Waals surface area contributed by atoms with E-state index in [9.17, 15) is 0 Å². The van der Waals surface area contributed by atoms with Crippen LogP contribution in [0.15, 0.2) is 42.5 Å². The van der Waals surface area contributed by atoms with Crippen molar-refractivity contribution in [3.8, 4) is 11.3 Å². The SMILES string of the molecule is Cc1ccc(C(C)(C)C)cc1-c1c2ccc([Si](C)(C)C)cc2cc(C)[n+]1C. The largest absolute Gasteiger partial charge is 0.220 e. The van der Waals surface area contributed by atoms with Gasteiger partial charge in [0, 0.05) is 13.0 Å². The Balaban J connectivity index is 2.36. The number of pyridine rings is 1. The van der Waals surface area contributed by atoms with Gasteiger partial charge in [0.25, 0.3) is 0 Å². The molecule has 0 fully saturated rings. The summed E-state index contributed by atoms with van der Waals surface area (Å²) in [6.07, 6.45) is 0. The van der Waals surface area contributed by atoms with E-state index in [-0.39, 0.29) is 5.41 Å². The smallest absolute Gasteiger partial charge is 0.198 e. The van der Waals surface area contributed by atoms with Crippen LogP contribution in [0.5, 0.6) is 0 Å². The molecule has 1 aromatic heterocycles. The lowest BCUT2D eigenvalue weighted by Crippen LogP contribution is -2.38. The number of aromatic nitrogens is 1. The Bertz CT molecular complexity index is 1020. The van der Waals surface area contributed by atoms with Crippen LogP contribution in [0.2, 0.25) is 19.6 Å². The highest BCUT2D eigenvalue weighted by Gasteiger charge is 2.24. The Hall–Kier alpha value is -1.93. The summed E-state index contributed by atoms with van der Waals surface area (Å²) in [4.78, 5) is 0. The Morgan fingerprint density at radius 3 is 2.11 bits per heavy atom. The summed E-state index contributed by atoms with van der Waals surface area (Å²) in [6, 6.07) is 16.4. The second-order valence-electron chi connectivity index (χ2n) is 10.0. The normalized spacial score (nSPS) is 12.6. The highest BCUT2D eigenvalue weighted by Crippen LogP contribution is 2.32. The summed E-state index contributed by atoms with van der Waals surface area (Å²) >= 11 is 0. The Kier molecular flexibility index (Phi) is 4.84. The fraction of sp³-hybridized carbons (Fsp3) is 0.400. The van der Waals surface area contributed by atoms with Crippen molar-refractivity contribution < 1.29 is 4.57 Å². The lowest BCUT2D eigenvalue weighted by atomic mass is 9.84. The zero-order valence-electron chi connectivity index (χ0n) is 18.5. The number of aryl methyl sites for hydroxylation is 2. The van der Waals surface area contributed by atoms with Crippen molar-refractivity contribution in [2.45, 2.75) is 59.7 Å². The van der Waals surface area contributed by atoms with Gasteiger partial charge >= 0.3 is 0 Å². The molecule has 142 valence electrons. The zero-order chi connectivity index (χ0) is 20.1. The number of hydrogen-bond donors (Lipinski definition) is 0. The van der Waals surface area contributed by atoms with E-state index in [1.54, 1.807) is 0 Å². The summed E-state index contributed by atoms with van der Waals surface area (Å²) in [5.74, 6) is 0. The molecule has 0 bridgehead atoms. The van der Waals surface area contributed by atoms with Gasteiger partial charge in [0.1, 0.15) is 7.05 Å². The predicted molar refractivity (Wildman–Crippen MR) is 122 cm³/mol. The molecular weight excluding hydrogens is 342 g/mol. The van der Waals surface area contributed by atoms with E-state index in [0.717, 1.165) is 0 Å². The molecule has 27 heavy (non-hydrogen) atoms. The molecule has 3 aromatic rings. The molecule has 0 aliphatic rings. The first-order chi connectivity index (χ1) is 12.4. The topological polar surface area (TPSA) is 3.88 Å². The molecule has 0 saturated heterocycles. The average molecular weight is 377 g/mol. The van der Waals surface area contributed by atoms with Crippen molar-refractivity contribution in [2.24, 2.45) is 7.05 Å². The summed E-state index contributed by atoms with van der Waals surface area (Å²) < 4.78 is 2.35. The van der Waals surface area contributed by atoms with Crippen molar-refractivity contribution in [1.82, 2.24) is 0 Å². The van der Waals surface area contributed by atoms with Gasteiger partial charge in [0.15, 0.2) is 5.69 Å². The maximum absolute atomic E-state index is 2.43. The molecule has 1 heterocycles. The third-order valence-electron chi connectivity index (χ3n) is 5.76. The van der Waals surface area contributed by atoms with Gasteiger partial charge in [-0.15, -0.1) is 0 Å². The van der Waals surface area contributed by atoms with E-state index >= 15 is 0 Å². The highest BCUT2D eigenvalue weighted by atomic mass is 28.3. The zero-order valence-corrected chi connectivity index (χ0v) is 19.5. The van der Waals surface area contributed by atoms with Crippen molar-refractivity contribution >= 4 is 24.0 Å². The van der Waals surface area contributed by atoms with Crippen LogP contribution in [0, 0.1) is 13.8 Å². The first-order valence-corrected chi connectivity index (χ1v) is 13.4. The minimum absolute atomic E-state index is 0.144. The van der Waals surface area contributed by atoms with Gasteiger partial charge in [-0.1, -0.05) is 69.9 Å². The fourth-order valence-electron chi connectivity index (χ4n) is 3.71. The second-order valence-corrected chi connectivity index (χ2v) is 15.1. The summed E-state index contributed by atoms with van der Waals surface area (Å²) in [6.45, 7) is 18.6. The van der Waals surface area contributed by atoms with E-state index in [4.69, 9.17) is 0 Å². The van der Waals surface area contributed by atoms with Crippen LogP contribution in [0.1, 0.15) is 37.6 Å². The highest BCUT2D eigenvalue weighted by molar-refractivity contribution is 6.88. The first-order valence-electron chi connectivity index (χ1n) is 9.95. The van der Waals surface area contributed by atoms with E-state index in [2.05, 4.69) is 108 Å². The number of fused-ring (bicyclic) bond motifs is 1. The van der Waals surface area contributed by atoms with Crippen molar-refractivity contribution in [1.29, 1.82) is 0 Å². The van der Waals surface area contributed by atoms with Gasteiger partial charge in [0.05, 0.1) is 19.0 Å². The Morgan fingerprint density at radius 1 is 0.852 bits per heavy atom. The van der Waals surface area contributed by atoms with Crippen LogP contribution in [0.3, 0.4) is 0 Å². The van der Waals surface area contributed by atoms with Crippen LogP contribution in [0.4, 0.5) is 0 Å². The van der Waals surface area contributed by atoms with E-state index in [0.29, 0.717) is 0 Å². The van der Waals surface area contributed by atoms with Gasteiger partial charge in [0.2, 0.25) is 5.69 Å². The van der Waals surface area contributed by atoms with E-state index in [1.165, 1.54) is 44.0 Å². The van der Waals surface area contributed by atoms with Crippen molar-refractivity contribution in [2.75, 3.05) is 0 Å². The maximum Gasteiger partial charge on any atom is 0.220 e. The number of rotatable bonds is 2. The minimum atomic E-state index is -1.33.